The number of carboxylic acids is 1. The van der Waals surface area contributed by atoms with Crippen molar-refractivity contribution >= 4 is 16.7 Å². The predicted octanol–water partition coefficient (Wildman–Crippen LogP) is 3.02. The number of hydrogen-bond acceptors (Lipinski definition) is 1. The van der Waals surface area contributed by atoms with Crippen molar-refractivity contribution in [3.05, 3.63) is 47.0 Å². The van der Waals surface area contributed by atoms with Crippen LogP contribution in [0.15, 0.2) is 30.3 Å². The standard InChI is InChI=1S/C15H12O2/c1-3-6-12-9-11-7-4-5-8-13(11)10(2)14(12)15(16)17/h1,4-5,7-9H,6H2,2H3,(H,16,17). The Balaban J connectivity index is 2.84. The summed E-state index contributed by atoms with van der Waals surface area (Å²) in [5, 5.41) is 11.3. The average Bonchev–Trinajstić information content (AvgIpc) is 2.29. The average molecular weight is 224 g/mol. The van der Waals surface area contributed by atoms with Crippen molar-refractivity contribution in [1.29, 1.82) is 0 Å². The van der Waals surface area contributed by atoms with Crippen LogP contribution in [0, 0.1) is 19.3 Å². The molecule has 2 heteroatoms. The van der Waals surface area contributed by atoms with Crippen LogP contribution >= 0.6 is 0 Å². The van der Waals surface area contributed by atoms with Crippen LogP contribution in [0.4, 0.5) is 0 Å². The summed E-state index contributed by atoms with van der Waals surface area (Å²) in [5.74, 6) is 1.59. The number of aryl methyl sites for hydroxylation is 1. The molecule has 2 nitrogen and oxygen atoms in total. The van der Waals surface area contributed by atoms with Crippen molar-refractivity contribution in [3.8, 4) is 12.3 Å². The van der Waals surface area contributed by atoms with Gasteiger partial charge in [-0.25, -0.2) is 4.79 Å². The molecule has 0 amide bonds. The van der Waals surface area contributed by atoms with Gasteiger partial charge in [0.15, 0.2) is 0 Å². The number of carbonyl (C=O) groups is 1. The first-order valence-electron chi connectivity index (χ1n) is 5.33. The molecular formula is C15H12O2. The van der Waals surface area contributed by atoms with Crippen LogP contribution in [0.25, 0.3) is 10.8 Å². The third-order valence-electron chi connectivity index (χ3n) is 2.90. The predicted molar refractivity (Wildman–Crippen MR) is 68.2 cm³/mol. The Bertz CT molecular complexity index is 633. The second-order valence-corrected chi connectivity index (χ2v) is 3.94. The van der Waals surface area contributed by atoms with E-state index in [0.717, 1.165) is 16.3 Å². The fourth-order valence-corrected chi connectivity index (χ4v) is 2.15. The fraction of sp³-hybridized carbons (Fsp3) is 0.133. The Morgan fingerprint density at radius 1 is 1.41 bits per heavy atom. The maximum atomic E-state index is 11.3. The zero-order valence-electron chi connectivity index (χ0n) is 9.53. The Morgan fingerprint density at radius 3 is 2.76 bits per heavy atom. The second-order valence-electron chi connectivity index (χ2n) is 3.94. The molecule has 84 valence electrons. The second kappa shape index (κ2) is 4.31. The third kappa shape index (κ3) is 1.88. The lowest BCUT2D eigenvalue weighted by atomic mass is 9.93. The summed E-state index contributed by atoms with van der Waals surface area (Å²) in [4.78, 5) is 11.3. The lowest BCUT2D eigenvalue weighted by Gasteiger charge is -2.10. The van der Waals surface area contributed by atoms with E-state index in [1.165, 1.54) is 0 Å². The molecular weight excluding hydrogens is 212 g/mol. The lowest BCUT2D eigenvalue weighted by molar-refractivity contribution is 0.0695. The number of hydrogen-bond donors (Lipinski definition) is 1. The summed E-state index contributed by atoms with van der Waals surface area (Å²) < 4.78 is 0. The van der Waals surface area contributed by atoms with Crippen molar-refractivity contribution in [1.82, 2.24) is 0 Å². The molecule has 0 aliphatic rings. The van der Waals surface area contributed by atoms with E-state index in [1.807, 2.05) is 37.3 Å². The minimum absolute atomic E-state index is 0.335. The van der Waals surface area contributed by atoms with E-state index in [9.17, 15) is 9.90 Å². The molecule has 0 aliphatic carbocycles. The minimum Gasteiger partial charge on any atom is -0.478 e. The van der Waals surface area contributed by atoms with Crippen LogP contribution < -0.4 is 0 Å². The van der Waals surface area contributed by atoms with E-state index in [0.29, 0.717) is 17.5 Å². The van der Waals surface area contributed by atoms with Crippen LogP contribution in [0.1, 0.15) is 21.5 Å². The molecule has 0 aliphatic heterocycles. The van der Waals surface area contributed by atoms with Crippen molar-refractivity contribution in [2.24, 2.45) is 0 Å². The molecule has 0 saturated heterocycles. The van der Waals surface area contributed by atoms with Gasteiger partial charge in [0.25, 0.3) is 0 Å². The first-order valence-corrected chi connectivity index (χ1v) is 5.33. The van der Waals surface area contributed by atoms with Gasteiger partial charge < -0.3 is 5.11 Å². The van der Waals surface area contributed by atoms with E-state index in [1.54, 1.807) is 0 Å². The highest BCUT2D eigenvalue weighted by molar-refractivity contribution is 5.99. The highest BCUT2D eigenvalue weighted by atomic mass is 16.4. The van der Waals surface area contributed by atoms with Gasteiger partial charge >= 0.3 is 5.97 Å². The summed E-state index contributed by atoms with van der Waals surface area (Å²) in [6.45, 7) is 1.83. The number of rotatable bonds is 2. The molecule has 0 heterocycles. The molecule has 2 aromatic carbocycles. The van der Waals surface area contributed by atoms with Crippen LogP contribution in [-0.2, 0) is 6.42 Å². The smallest absolute Gasteiger partial charge is 0.336 e. The molecule has 0 unspecified atom stereocenters. The van der Waals surface area contributed by atoms with Gasteiger partial charge in [-0.2, -0.15) is 0 Å². The van der Waals surface area contributed by atoms with Crippen molar-refractivity contribution in [2.75, 3.05) is 0 Å². The van der Waals surface area contributed by atoms with Gasteiger partial charge in [0.2, 0.25) is 0 Å². The van der Waals surface area contributed by atoms with E-state index >= 15 is 0 Å². The molecule has 0 bridgehead atoms. The summed E-state index contributed by atoms with van der Waals surface area (Å²) in [7, 11) is 0. The molecule has 1 N–H and O–H groups in total. The first-order chi connectivity index (χ1) is 8.15. The molecule has 0 atom stereocenters. The maximum Gasteiger partial charge on any atom is 0.336 e. The molecule has 0 aromatic heterocycles. The number of carboxylic acid groups (broad SMARTS) is 1. The van der Waals surface area contributed by atoms with E-state index in [2.05, 4.69) is 5.92 Å². The number of terminal acetylenes is 1. The molecule has 2 aromatic rings. The molecule has 0 radical (unpaired) electrons. The summed E-state index contributed by atoms with van der Waals surface area (Å²) in [5.41, 5.74) is 1.82. The van der Waals surface area contributed by atoms with Gasteiger partial charge in [0, 0.05) is 6.42 Å². The lowest BCUT2D eigenvalue weighted by Crippen LogP contribution is -2.05. The molecule has 2 rings (SSSR count). The maximum absolute atomic E-state index is 11.3. The van der Waals surface area contributed by atoms with E-state index < -0.39 is 5.97 Å². The Kier molecular flexibility index (Phi) is 2.84. The summed E-state index contributed by atoms with van der Waals surface area (Å²) >= 11 is 0. The topological polar surface area (TPSA) is 37.3 Å². The number of aromatic carboxylic acids is 1. The van der Waals surface area contributed by atoms with Gasteiger partial charge in [0.05, 0.1) is 5.56 Å². The SMILES string of the molecule is C#CCc1cc2ccccc2c(C)c1C(=O)O. The number of fused-ring (bicyclic) bond motifs is 1. The van der Waals surface area contributed by atoms with E-state index in [4.69, 9.17) is 6.42 Å². The van der Waals surface area contributed by atoms with Gasteiger partial charge in [-0.05, 0) is 34.9 Å². The van der Waals surface area contributed by atoms with Crippen LogP contribution in [0.5, 0.6) is 0 Å². The molecule has 0 spiro atoms. The van der Waals surface area contributed by atoms with E-state index in [-0.39, 0.29) is 0 Å². The quantitative estimate of drug-likeness (QED) is 0.796. The Hall–Kier alpha value is -2.27. The van der Waals surface area contributed by atoms with Crippen LogP contribution in [0.2, 0.25) is 0 Å². The zero-order valence-corrected chi connectivity index (χ0v) is 9.53. The summed E-state index contributed by atoms with van der Waals surface area (Å²) in [6, 6.07) is 9.60. The van der Waals surface area contributed by atoms with Crippen LogP contribution in [0.3, 0.4) is 0 Å². The largest absolute Gasteiger partial charge is 0.478 e. The number of benzene rings is 2. The molecule has 17 heavy (non-hydrogen) atoms. The third-order valence-corrected chi connectivity index (χ3v) is 2.90. The van der Waals surface area contributed by atoms with Crippen molar-refractivity contribution in [2.45, 2.75) is 13.3 Å². The Morgan fingerprint density at radius 2 is 2.12 bits per heavy atom. The van der Waals surface area contributed by atoms with Crippen molar-refractivity contribution in [3.63, 3.8) is 0 Å². The first kappa shape index (κ1) is 11.2. The van der Waals surface area contributed by atoms with Crippen LogP contribution in [-0.4, -0.2) is 11.1 Å². The Labute approximate surface area is 99.9 Å². The highest BCUT2D eigenvalue weighted by Gasteiger charge is 2.15. The van der Waals surface area contributed by atoms with Gasteiger partial charge in [-0.1, -0.05) is 24.3 Å². The van der Waals surface area contributed by atoms with Gasteiger partial charge in [0.1, 0.15) is 0 Å². The minimum atomic E-state index is -0.918. The monoisotopic (exact) mass is 224 g/mol. The summed E-state index contributed by atoms with van der Waals surface area (Å²) in [6.07, 6.45) is 5.62. The molecule has 0 saturated carbocycles. The highest BCUT2D eigenvalue weighted by Crippen LogP contribution is 2.25. The van der Waals surface area contributed by atoms with Gasteiger partial charge in [-0.3, -0.25) is 0 Å². The fourth-order valence-electron chi connectivity index (χ4n) is 2.15. The molecule has 0 fully saturated rings. The zero-order chi connectivity index (χ0) is 12.4. The van der Waals surface area contributed by atoms with Gasteiger partial charge in [-0.15, -0.1) is 12.3 Å². The van der Waals surface area contributed by atoms with Crippen molar-refractivity contribution < 1.29 is 9.90 Å². The normalized spacial score (nSPS) is 10.1.